The van der Waals surface area contributed by atoms with Gasteiger partial charge in [-0.05, 0) is 0 Å². The standard InChI is InChI=1S/C11H14F3N3O4/c1-7(21-10(20)11(12,13)14)9(19)16-6-8(18)17-4-2-15-3-5-17/h15H,1-6H2,(H,16,19). The Balaban J connectivity index is 2.37. The smallest absolute Gasteiger partial charge is 0.415 e. The Labute approximate surface area is 118 Å². The number of alkyl halides is 3. The van der Waals surface area contributed by atoms with Crippen molar-refractivity contribution in [2.45, 2.75) is 6.18 Å². The fourth-order valence-corrected chi connectivity index (χ4v) is 1.50. The van der Waals surface area contributed by atoms with E-state index in [1.165, 1.54) is 4.90 Å². The first kappa shape index (κ1) is 17.0. The summed E-state index contributed by atoms with van der Waals surface area (Å²) in [6, 6.07) is 0. The van der Waals surface area contributed by atoms with E-state index in [-0.39, 0.29) is 5.91 Å². The molecule has 1 heterocycles. The number of hydrogen-bond donors (Lipinski definition) is 2. The van der Waals surface area contributed by atoms with E-state index in [0.29, 0.717) is 26.2 Å². The molecule has 0 aromatic rings. The number of amides is 2. The lowest BCUT2D eigenvalue weighted by molar-refractivity contribution is -0.195. The van der Waals surface area contributed by atoms with E-state index in [0.717, 1.165) is 0 Å². The third-order valence-corrected chi connectivity index (χ3v) is 2.57. The zero-order valence-corrected chi connectivity index (χ0v) is 11.0. The minimum atomic E-state index is -5.22. The van der Waals surface area contributed by atoms with Gasteiger partial charge in [-0.1, -0.05) is 6.58 Å². The number of rotatable bonds is 4. The van der Waals surface area contributed by atoms with Gasteiger partial charge in [0.05, 0.1) is 6.54 Å². The van der Waals surface area contributed by atoms with Crippen molar-refractivity contribution in [3.05, 3.63) is 12.3 Å². The van der Waals surface area contributed by atoms with Gasteiger partial charge in [0.2, 0.25) is 5.91 Å². The second-order valence-electron chi connectivity index (χ2n) is 4.12. The Morgan fingerprint density at radius 2 is 1.81 bits per heavy atom. The third-order valence-electron chi connectivity index (χ3n) is 2.57. The molecule has 0 spiro atoms. The van der Waals surface area contributed by atoms with E-state index >= 15 is 0 Å². The largest absolute Gasteiger partial charge is 0.491 e. The van der Waals surface area contributed by atoms with E-state index in [1.54, 1.807) is 0 Å². The minimum absolute atomic E-state index is 0.389. The molecule has 1 saturated heterocycles. The summed E-state index contributed by atoms with van der Waals surface area (Å²) >= 11 is 0. The lowest BCUT2D eigenvalue weighted by atomic mass is 10.3. The lowest BCUT2D eigenvalue weighted by Crippen LogP contribution is -2.49. The molecule has 0 aromatic carbocycles. The summed E-state index contributed by atoms with van der Waals surface area (Å²) in [4.78, 5) is 35.0. The van der Waals surface area contributed by atoms with E-state index in [1.807, 2.05) is 5.32 Å². The molecule has 118 valence electrons. The predicted octanol–water partition coefficient (Wildman–Crippen LogP) is -0.846. The van der Waals surface area contributed by atoms with Gasteiger partial charge in [-0.25, -0.2) is 4.79 Å². The van der Waals surface area contributed by atoms with Gasteiger partial charge >= 0.3 is 12.1 Å². The Morgan fingerprint density at radius 1 is 1.24 bits per heavy atom. The molecule has 7 nitrogen and oxygen atoms in total. The number of esters is 1. The molecule has 0 saturated carbocycles. The summed E-state index contributed by atoms with van der Waals surface area (Å²) in [5, 5.41) is 5.07. The fraction of sp³-hybridized carbons (Fsp3) is 0.545. The maximum atomic E-state index is 11.9. The zero-order chi connectivity index (χ0) is 16.0. The normalized spacial score (nSPS) is 15.3. The quantitative estimate of drug-likeness (QED) is 0.401. The number of ether oxygens (including phenoxy) is 1. The number of nitrogens with one attached hydrogen (secondary N) is 2. The van der Waals surface area contributed by atoms with Gasteiger partial charge in [-0.15, -0.1) is 0 Å². The van der Waals surface area contributed by atoms with Gasteiger partial charge in [-0.3, -0.25) is 9.59 Å². The molecule has 1 rings (SSSR count). The van der Waals surface area contributed by atoms with Crippen LogP contribution in [-0.4, -0.2) is 61.6 Å². The van der Waals surface area contributed by atoms with Crippen molar-refractivity contribution < 1.29 is 32.3 Å². The number of carbonyl (C=O) groups excluding carboxylic acids is 3. The van der Waals surface area contributed by atoms with Crippen molar-refractivity contribution in [3.63, 3.8) is 0 Å². The highest BCUT2D eigenvalue weighted by Gasteiger charge is 2.42. The van der Waals surface area contributed by atoms with Gasteiger partial charge in [0.25, 0.3) is 5.91 Å². The number of carbonyl (C=O) groups is 3. The molecule has 10 heteroatoms. The summed E-state index contributed by atoms with van der Waals surface area (Å²) < 4.78 is 39.5. The average Bonchev–Trinajstić information content (AvgIpc) is 2.44. The number of piperazine rings is 1. The van der Waals surface area contributed by atoms with Crippen molar-refractivity contribution in [2.75, 3.05) is 32.7 Å². The summed E-state index contributed by atoms with van der Waals surface area (Å²) in [6.45, 7) is 4.68. The van der Waals surface area contributed by atoms with Crippen molar-refractivity contribution in [1.29, 1.82) is 0 Å². The average molecular weight is 309 g/mol. The molecule has 0 bridgehead atoms. The topological polar surface area (TPSA) is 87.7 Å². The first-order valence-corrected chi connectivity index (χ1v) is 5.96. The fourth-order valence-electron chi connectivity index (χ4n) is 1.50. The van der Waals surface area contributed by atoms with Gasteiger partial charge in [0, 0.05) is 26.2 Å². The highest BCUT2D eigenvalue weighted by molar-refractivity contribution is 5.96. The summed E-state index contributed by atoms with van der Waals surface area (Å²) in [6.07, 6.45) is -5.22. The minimum Gasteiger partial charge on any atom is -0.415 e. The Hall–Kier alpha value is -2.10. The number of hydrogen-bond acceptors (Lipinski definition) is 5. The van der Waals surface area contributed by atoms with Crippen LogP contribution in [0.2, 0.25) is 0 Å². The maximum Gasteiger partial charge on any atom is 0.491 e. The maximum absolute atomic E-state index is 11.9. The zero-order valence-electron chi connectivity index (χ0n) is 11.0. The molecule has 0 radical (unpaired) electrons. The first-order valence-electron chi connectivity index (χ1n) is 5.96. The Bertz CT molecular complexity index is 444. The molecule has 1 fully saturated rings. The van der Waals surface area contributed by atoms with Crippen LogP contribution in [0.1, 0.15) is 0 Å². The van der Waals surface area contributed by atoms with Crippen molar-refractivity contribution in [2.24, 2.45) is 0 Å². The van der Waals surface area contributed by atoms with Crippen LogP contribution in [0.5, 0.6) is 0 Å². The van der Waals surface area contributed by atoms with Crippen LogP contribution in [-0.2, 0) is 19.1 Å². The van der Waals surface area contributed by atoms with Crippen LogP contribution >= 0.6 is 0 Å². The molecule has 0 atom stereocenters. The van der Waals surface area contributed by atoms with Crippen molar-refractivity contribution >= 4 is 17.8 Å². The van der Waals surface area contributed by atoms with Crippen LogP contribution in [0.3, 0.4) is 0 Å². The second-order valence-corrected chi connectivity index (χ2v) is 4.12. The summed E-state index contributed by atoms with van der Waals surface area (Å²) in [5.41, 5.74) is 0. The number of halogens is 3. The molecule has 1 aliphatic heterocycles. The van der Waals surface area contributed by atoms with Crippen LogP contribution < -0.4 is 10.6 Å². The molecule has 0 unspecified atom stereocenters. The molecule has 0 aromatic heterocycles. The van der Waals surface area contributed by atoms with Gasteiger partial charge in [-0.2, -0.15) is 13.2 Å². The molecule has 2 amide bonds. The predicted molar refractivity (Wildman–Crippen MR) is 63.7 cm³/mol. The van der Waals surface area contributed by atoms with E-state index in [9.17, 15) is 27.6 Å². The number of nitrogens with zero attached hydrogens (tertiary/aromatic N) is 1. The van der Waals surface area contributed by atoms with Gasteiger partial charge in [0.15, 0.2) is 5.76 Å². The van der Waals surface area contributed by atoms with Crippen LogP contribution in [0, 0.1) is 0 Å². The first-order chi connectivity index (χ1) is 9.71. The van der Waals surface area contributed by atoms with E-state index in [4.69, 9.17) is 0 Å². The van der Waals surface area contributed by atoms with Crippen molar-refractivity contribution in [3.8, 4) is 0 Å². The monoisotopic (exact) mass is 309 g/mol. The van der Waals surface area contributed by atoms with Gasteiger partial charge in [0.1, 0.15) is 0 Å². The second kappa shape index (κ2) is 7.07. The Morgan fingerprint density at radius 3 is 2.33 bits per heavy atom. The van der Waals surface area contributed by atoms with Crippen LogP contribution in [0.4, 0.5) is 13.2 Å². The molecule has 2 N–H and O–H groups in total. The molecule has 21 heavy (non-hydrogen) atoms. The van der Waals surface area contributed by atoms with E-state index < -0.39 is 30.4 Å². The molecule has 1 aliphatic rings. The SMILES string of the molecule is C=C(OC(=O)C(F)(F)F)C(=O)NCC(=O)N1CCNCC1. The highest BCUT2D eigenvalue weighted by Crippen LogP contribution is 2.17. The van der Waals surface area contributed by atoms with E-state index in [2.05, 4.69) is 16.6 Å². The van der Waals surface area contributed by atoms with Gasteiger partial charge < -0.3 is 20.3 Å². The Kier molecular flexibility index (Phi) is 5.70. The highest BCUT2D eigenvalue weighted by atomic mass is 19.4. The van der Waals surface area contributed by atoms with Crippen molar-refractivity contribution in [1.82, 2.24) is 15.5 Å². The molecule has 0 aliphatic carbocycles. The third kappa shape index (κ3) is 5.42. The van der Waals surface area contributed by atoms with Crippen LogP contribution in [0.15, 0.2) is 12.3 Å². The molecular formula is C11H14F3N3O4. The summed E-state index contributed by atoms with van der Waals surface area (Å²) in [7, 11) is 0. The summed E-state index contributed by atoms with van der Waals surface area (Å²) in [5.74, 6) is -5.11. The van der Waals surface area contributed by atoms with Crippen LogP contribution in [0.25, 0.3) is 0 Å². The lowest BCUT2D eigenvalue weighted by Gasteiger charge is -2.27. The molecular weight excluding hydrogens is 295 g/mol.